The van der Waals surface area contributed by atoms with Crippen LogP contribution in [-0.2, 0) is 14.8 Å². The van der Waals surface area contributed by atoms with Crippen LogP contribution >= 0.6 is 23.2 Å². The quantitative estimate of drug-likeness (QED) is 0.387. The Kier molecular flexibility index (Phi) is 7.17. The summed E-state index contributed by atoms with van der Waals surface area (Å²) in [5, 5.41) is 15.1. The van der Waals surface area contributed by atoms with Gasteiger partial charge in [-0.05, 0) is 25.1 Å². The molecular formula is C17H16Cl2N4O5S. The predicted octanol–water partition coefficient (Wildman–Crippen LogP) is 3.21. The fourth-order valence-electron chi connectivity index (χ4n) is 2.26. The van der Waals surface area contributed by atoms with Crippen LogP contribution in [0.15, 0.2) is 47.6 Å². The maximum absolute atomic E-state index is 12.2. The van der Waals surface area contributed by atoms with E-state index in [9.17, 15) is 23.3 Å². The van der Waals surface area contributed by atoms with Gasteiger partial charge < -0.3 is 0 Å². The fraction of sp³-hybridized carbons (Fsp3) is 0.176. The highest BCUT2D eigenvalue weighted by Crippen LogP contribution is 2.28. The number of anilines is 1. The van der Waals surface area contributed by atoms with E-state index in [-0.39, 0.29) is 21.4 Å². The van der Waals surface area contributed by atoms with Crippen LogP contribution in [0.4, 0.5) is 11.4 Å². The van der Waals surface area contributed by atoms with Gasteiger partial charge in [-0.3, -0.25) is 19.2 Å². The molecule has 0 radical (unpaired) electrons. The number of rotatable bonds is 7. The van der Waals surface area contributed by atoms with E-state index in [4.69, 9.17) is 23.2 Å². The van der Waals surface area contributed by atoms with Gasteiger partial charge in [0.15, 0.2) is 0 Å². The van der Waals surface area contributed by atoms with Gasteiger partial charge in [0.05, 0.1) is 32.6 Å². The first-order chi connectivity index (χ1) is 13.5. The first-order valence-electron chi connectivity index (χ1n) is 8.00. The van der Waals surface area contributed by atoms with Gasteiger partial charge in [0.25, 0.3) is 11.6 Å². The van der Waals surface area contributed by atoms with E-state index < -0.39 is 27.4 Å². The van der Waals surface area contributed by atoms with Gasteiger partial charge in [-0.25, -0.2) is 13.8 Å². The Bertz CT molecular complexity index is 1090. The van der Waals surface area contributed by atoms with Gasteiger partial charge in [-0.15, -0.1) is 0 Å². The number of nitro benzene ring substituents is 1. The Hall–Kier alpha value is -2.69. The van der Waals surface area contributed by atoms with E-state index >= 15 is 0 Å². The number of nitrogens with one attached hydrogen (secondary N) is 1. The van der Waals surface area contributed by atoms with Crippen LogP contribution in [0.25, 0.3) is 0 Å². The molecule has 0 aromatic heterocycles. The van der Waals surface area contributed by atoms with E-state index in [2.05, 4.69) is 10.5 Å². The van der Waals surface area contributed by atoms with Crippen molar-refractivity contribution in [1.82, 2.24) is 5.43 Å². The van der Waals surface area contributed by atoms with E-state index in [1.54, 1.807) is 13.0 Å². The summed E-state index contributed by atoms with van der Waals surface area (Å²) in [6, 6.07) is 9.89. The first-order valence-corrected chi connectivity index (χ1v) is 10.6. The van der Waals surface area contributed by atoms with Crippen molar-refractivity contribution in [3.8, 4) is 0 Å². The minimum absolute atomic E-state index is 0.119. The van der Waals surface area contributed by atoms with Crippen molar-refractivity contribution in [2.75, 3.05) is 17.1 Å². The average molecular weight is 459 g/mol. The maximum Gasteiger partial charge on any atom is 0.270 e. The minimum atomic E-state index is -3.80. The first kappa shape index (κ1) is 22.6. The zero-order valence-corrected chi connectivity index (χ0v) is 17.6. The molecule has 0 saturated heterocycles. The maximum atomic E-state index is 12.2. The van der Waals surface area contributed by atoms with Gasteiger partial charge in [0, 0.05) is 17.7 Å². The molecule has 0 atom stereocenters. The van der Waals surface area contributed by atoms with E-state index in [0.29, 0.717) is 11.3 Å². The molecule has 0 aliphatic rings. The Morgan fingerprint density at radius 3 is 2.48 bits per heavy atom. The molecular weight excluding hydrogens is 443 g/mol. The molecule has 0 bridgehead atoms. The lowest BCUT2D eigenvalue weighted by atomic mass is 10.1. The Morgan fingerprint density at radius 1 is 1.21 bits per heavy atom. The number of nitro groups is 1. The molecule has 9 nitrogen and oxygen atoms in total. The highest BCUT2D eigenvalue weighted by molar-refractivity contribution is 7.92. The van der Waals surface area contributed by atoms with Crippen LogP contribution in [0.2, 0.25) is 10.0 Å². The lowest BCUT2D eigenvalue weighted by Gasteiger charge is -2.21. The van der Waals surface area contributed by atoms with Gasteiger partial charge in [0.2, 0.25) is 10.0 Å². The monoisotopic (exact) mass is 458 g/mol. The van der Waals surface area contributed by atoms with Gasteiger partial charge in [-0.1, -0.05) is 35.3 Å². The number of hydrogen-bond acceptors (Lipinski definition) is 6. The van der Waals surface area contributed by atoms with Gasteiger partial charge in [-0.2, -0.15) is 5.10 Å². The summed E-state index contributed by atoms with van der Waals surface area (Å²) in [6.07, 6.45) is 0.945. The third-order valence-electron chi connectivity index (χ3n) is 3.70. The second-order valence-electron chi connectivity index (χ2n) is 5.91. The number of hydrazone groups is 1. The number of benzene rings is 2. The molecule has 0 saturated carbocycles. The number of amides is 1. The van der Waals surface area contributed by atoms with Gasteiger partial charge >= 0.3 is 0 Å². The van der Waals surface area contributed by atoms with Crippen molar-refractivity contribution >= 4 is 56.2 Å². The Labute approximate surface area is 177 Å². The Balaban J connectivity index is 2.18. The van der Waals surface area contributed by atoms with Crippen LogP contribution in [0.1, 0.15) is 12.5 Å². The summed E-state index contributed by atoms with van der Waals surface area (Å²) in [6.45, 7) is 0.995. The third-order valence-corrected chi connectivity index (χ3v) is 5.58. The summed E-state index contributed by atoms with van der Waals surface area (Å²) >= 11 is 11.8. The van der Waals surface area contributed by atoms with Crippen LogP contribution in [-0.4, -0.2) is 37.8 Å². The van der Waals surface area contributed by atoms with E-state index in [1.165, 1.54) is 36.4 Å². The summed E-state index contributed by atoms with van der Waals surface area (Å²) in [4.78, 5) is 22.6. The van der Waals surface area contributed by atoms with Crippen LogP contribution in [0.5, 0.6) is 0 Å². The van der Waals surface area contributed by atoms with Gasteiger partial charge in [0.1, 0.15) is 6.54 Å². The zero-order valence-electron chi connectivity index (χ0n) is 15.3. The minimum Gasteiger partial charge on any atom is -0.271 e. The smallest absolute Gasteiger partial charge is 0.270 e. The summed E-state index contributed by atoms with van der Waals surface area (Å²) in [5.41, 5.74) is 3.03. The topological polar surface area (TPSA) is 122 Å². The lowest BCUT2D eigenvalue weighted by Crippen LogP contribution is -2.39. The van der Waals surface area contributed by atoms with Crippen molar-refractivity contribution in [1.29, 1.82) is 0 Å². The predicted molar refractivity (Wildman–Crippen MR) is 112 cm³/mol. The normalized spacial score (nSPS) is 11.8. The molecule has 2 rings (SSSR count). The van der Waals surface area contributed by atoms with E-state index in [0.717, 1.165) is 10.6 Å². The SMILES string of the molecule is C/C(=N/NC(=O)CN(c1ccc(Cl)c(Cl)c1)S(C)(=O)=O)c1cccc([N+](=O)[O-])c1. The molecule has 29 heavy (non-hydrogen) atoms. The molecule has 1 N–H and O–H groups in total. The number of halogens is 2. The molecule has 2 aromatic carbocycles. The lowest BCUT2D eigenvalue weighted by molar-refractivity contribution is -0.384. The summed E-state index contributed by atoms with van der Waals surface area (Å²) in [5.74, 6) is -0.716. The second-order valence-corrected chi connectivity index (χ2v) is 8.63. The molecule has 1 amide bonds. The molecule has 0 unspecified atom stereocenters. The van der Waals surface area contributed by atoms with Crippen molar-refractivity contribution in [2.45, 2.75) is 6.92 Å². The molecule has 0 fully saturated rings. The number of carbonyl (C=O) groups is 1. The number of carbonyl (C=O) groups excluding carboxylic acids is 1. The molecule has 0 aliphatic heterocycles. The van der Waals surface area contributed by atoms with E-state index in [1.807, 2.05) is 0 Å². The molecule has 12 heteroatoms. The van der Waals surface area contributed by atoms with Crippen molar-refractivity contribution in [2.24, 2.45) is 5.10 Å². The van der Waals surface area contributed by atoms with Crippen LogP contribution < -0.4 is 9.73 Å². The second kappa shape index (κ2) is 9.21. The van der Waals surface area contributed by atoms with Crippen molar-refractivity contribution in [3.63, 3.8) is 0 Å². The third kappa shape index (κ3) is 6.14. The number of non-ortho nitro benzene ring substituents is 1. The van der Waals surface area contributed by atoms with Crippen LogP contribution in [0.3, 0.4) is 0 Å². The van der Waals surface area contributed by atoms with Crippen molar-refractivity contribution < 1.29 is 18.1 Å². The highest BCUT2D eigenvalue weighted by Gasteiger charge is 2.21. The molecule has 0 spiro atoms. The molecule has 0 aliphatic carbocycles. The summed E-state index contributed by atoms with van der Waals surface area (Å²) in [7, 11) is -3.80. The molecule has 2 aromatic rings. The average Bonchev–Trinajstić information content (AvgIpc) is 2.65. The van der Waals surface area contributed by atoms with Crippen molar-refractivity contribution in [3.05, 3.63) is 68.2 Å². The Morgan fingerprint density at radius 2 is 1.90 bits per heavy atom. The highest BCUT2D eigenvalue weighted by atomic mass is 35.5. The fourth-order valence-corrected chi connectivity index (χ4v) is 3.40. The molecule has 0 heterocycles. The number of nitrogens with zero attached hydrogens (tertiary/aromatic N) is 3. The largest absolute Gasteiger partial charge is 0.271 e. The molecule has 154 valence electrons. The number of sulfonamides is 1. The summed E-state index contributed by atoms with van der Waals surface area (Å²) < 4.78 is 25.0. The zero-order chi connectivity index (χ0) is 21.8. The number of hydrogen-bond donors (Lipinski definition) is 1. The standard InChI is InChI=1S/C17H16Cl2N4O5S/c1-11(12-4-3-5-14(8-12)23(25)26)20-21-17(24)10-22(29(2,27)28)13-6-7-15(18)16(19)9-13/h3-9H,10H2,1-2H3,(H,21,24)/b20-11-. The van der Waals surface area contributed by atoms with Crippen LogP contribution in [0, 0.1) is 10.1 Å².